The fourth-order valence-electron chi connectivity index (χ4n) is 2.34. The first-order chi connectivity index (χ1) is 9.16. The summed E-state index contributed by atoms with van der Waals surface area (Å²) in [5.74, 6) is 2.35. The van der Waals surface area contributed by atoms with Crippen LogP contribution in [0.2, 0.25) is 0 Å². The molecule has 7 nitrogen and oxygen atoms in total. The summed E-state index contributed by atoms with van der Waals surface area (Å²) in [6, 6.07) is 0. The smallest absolute Gasteiger partial charge is 0.246 e. The van der Waals surface area contributed by atoms with Gasteiger partial charge in [-0.2, -0.15) is 9.97 Å². The lowest BCUT2D eigenvalue weighted by molar-refractivity contribution is 0.206. The molecule has 1 unspecified atom stereocenters. The average Bonchev–Trinajstić information content (AvgIpc) is 3.01. The summed E-state index contributed by atoms with van der Waals surface area (Å²) in [5.41, 5.74) is -0.212. The molecule has 1 aliphatic rings. The second kappa shape index (κ2) is 5.88. The van der Waals surface area contributed by atoms with Crippen LogP contribution in [-0.2, 0) is 12.0 Å². The number of aryl methyl sites for hydroxylation is 1. The molecule has 1 saturated heterocycles. The van der Waals surface area contributed by atoms with Crippen molar-refractivity contribution in [2.24, 2.45) is 0 Å². The van der Waals surface area contributed by atoms with Crippen molar-refractivity contribution in [2.45, 2.75) is 45.1 Å². The zero-order valence-electron chi connectivity index (χ0n) is 11.5. The lowest BCUT2D eigenvalue weighted by Gasteiger charge is -2.31. The number of piperidine rings is 1. The molecule has 0 saturated carbocycles. The molecular formula is C12H18ClN5O2. The molecule has 3 heterocycles. The molecule has 1 N–H and O–H groups in total. The highest BCUT2D eigenvalue weighted by molar-refractivity contribution is 5.85. The van der Waals surface area contributed by atoms with E-state index in [0.717, 1.165) is 13.0 Å². The Morgan fingerprint density at radius 2 is 1.90 bits per heavy atom. The summed E-state index contributed by atoms with van der Waals surface area (Å²) in [5, 5.41) is 11.3. The SMILES string of the molecule is Cc1nc(Cc2noc(C3(C)CCCCN3)n2)no1.Cl. The summed E-state index contributed by atoms with van der Waals surface area (Å²) in [6.07, 6.45) is 3.80. The maximum absolute atomic E-state index is 5.38. The molecule has 20 heavy (non-hydrogen) atoms. The summed E-state index contributed by atoms with van der Waals surface area (Å²) in [6.45, 7) is 4.84. The van der Waals surface area contributed by atoms with Gasteiger partial charge < -0.3 is 14.4 Å². The van der Waals surface area contributed by atoms with Crippen LogP contribution in [-0.4, -0.2) is 26.8 Å². The third-order valence-corrected chi connectivity index (χ3v) is 3.44. The third-order valence-electron chi connectivity index (χ3n) is 3.44. The van der Waals surface area contributed by atoms with Crippen molar-refractivity contribution in [3.63, 3.8) is 0 Å². The first-order valence-electron chi connectivity index (χ1n) is 6.53. The highest BCUT2D eigenvalue weighted by Gasteiger charge is 2.34. The van der Waals surface area contributed by atoms with E-state index < -0.39 is 0 Å². The quantitative estimate of drug-likeness (QED) is 0.923. The van der Waals surface area contributed by atoms with Crippen LogP contribution in [0.1, 0.15) is 49.6 Å². The zero-order chi connectivity index (χ0) is 13.3. The van der Waals surface area contributed by atoms with Crippen LogP contribution in [0, 0.1) is 6.92 Å². The van der Waals surface area contributed by atoms with Gasteiger partial charge in [0.05, 0.1) is 12.0 Å². The van der Waals surface area contributed by atoms with E-state index in [9.17, 15) is 0 Å². The Bertz CT molecular complexity index is 562. The molecule has 0 amide bonds. The van der Waals surface area contributed by atoms with Gasteiger partial charge >= 0.3 is 0 Å². The van der Waals surface area contributed by atoms with E-state index in [2.05, 4.69) is 32.5 Å². The molecule has 0 spiro atoms. The Kier molecular flexibility index (Phi) is 4.39. The maximum Gasteiger partial charge on any atom is 0.246 e. The van der Waals surface area contributed by atoms with Crippen molar-refractivity contribution in [1.82, 2.24) is 25.6 Å². The van der Waals surface area contributed by atoms with Crippen LogP contribution in [0.4, 0.5) is 0 Å². The number of hydrogen-bond acceptors (Lipinski definition) is 7. The highest BCUT2D eigenvalue weighted by atomic mass is 35.5. The van der Waals surface area contributed by atoms with E-state index in [1.165, 1.54) is 12.8 Å². The molecule has 2 aromatic heterocycles. The summed E-state index contributed by atoms with van der Waals surface area (Å²) >= 11 is 0. The third kappa shape index (κ3) is 2.99. The van der Waals surface area contributed by atoms with Crippen LogP contribution in [0.5, 0.6) is 0 Å². The van der Waals surface area contributed by atoms with Crippen molar-refractivity contribution in [2.75, 3.05) is 6.54 Å². The van der Waals surface area contributed by atoms with Gasteiger partial charge in [0.25, 0.3) is 0 Å². The molecule has 0 bridgehead atoms. The number of halogens is 1. The van der Waals surface area contributed by atoms with Crippen LogP contribution >= 0.6 is 12.4 Å². The van der Waals surface area contributed by atoms with Gasteiger partial charge in [-0.25, -0.2) is 0 Å². The van der Waals surface area contributed by atoms with Crippen molar-refractivity contribution in [3.8, 4) is 0 Å². The zero-order valence-corrected chi connectivity index (χ0v) is 12.4. The van der Waals surface area contributed by atoms with Crippen molar-refractivity contribution < 1.29 is 9.05 Å². The predicted octanol–water partition coefficient (Wildman–Crippen LogP) is 1.76. The van der Waals surface area contributed by atoms with Crippen molar-refractivity contribution >= 4 is 12.4 Å². The van der Waals surface area contributed by atoms with E-state index in [4.69, 9.17) is 9.05 Å². The van der Waals surface area contributed by atoms with Crippen LogP contribution in [0.3, 0.4) is 0 Å². The molecule has 0 aromatic carbocycles. The number of nitrogens with one attached hydrogen (secondary N) is 1. The number of nitrogens with zero attached hydrogens (tertiary/aromatic N) is 4. The van der Waals surface area contributed by atoms with Gasteiger partial charge in [0.15, 0.2) is 11.6 Å². The summed E-state index contributed by atoms with van der Waals surface area (Å²) in [4.78, 5) is 8.58. The van der Waals surface area contributed by atoms with Crippen molar-refractivity contribution in [3.05, 3.63) is 23.4 Å². The van der Waals surface area contributed by atoms with Crippen molar-refractivity contribution in [1.29, 1.82) is 0 Å². The molecule has 0 radical (unpaired) electrons. The molecule has 8 heteroatoms. The lowest BCUT2D eigenvalue weighted by atomic mass is 9.91. The van der Waals surface area contributed by atoms with Gasteiger partial charge in [-0.15, -0.1) is 12.4 Å². The summed E-state index contributed by atoms with van der Waals surface area (Å²) in [7, 11) is 0. The molecule has 3 rings (SSSR count). The number of aromatic nitrogens is 4. The Morgan fingerprint density at radius 3 is 2.55 bits per heavy atom. The van der Waals surface area contributed by atoms with Gasteiger partial charge in [0, 0.05) is 6.92 Å². The molecule has 1 fully saturated rings. The largest absolute Gasteiger partial charge is 0.340 e. The highest BCUT2D eigenvalue weighted by Crippen LogP contribution is 2.28. The minimum atomic E-state index is -0.212. The topological polar surface area (TPSA) is 89.9 Å². The van der Waals surface area contributed by atoms with Crippen LogP contribution in [0.15, 0.2) is 9.05 Å². The normalized spacial score (nSPS) is 22.5. The molecular weight excluding hydrogens is 282 g/mol. The average molecular weight is 300 g/mol. The monoisotopic (exact) mass is 299 g/mol. The molecule has 0 aliphatic carbocycles. The second-order valence-electron chi connectivity index (χ2n) is 5.14. The van der Waals surface area contributed by atoms with Gasteiger partial charge in [0.2, 0.25) is 11.8 Å². The van der Waals surface area contributed by atoms with E-state index in [1.807, 2.05) is 0 Å². The lowest BCUT2D eigenvalue weighted by Crippen LogP contribution is -2.43. The molecule has 1 aliphatic heterocycles. The number of hydrogen-bond donors (Lipinski definition) is 1. The Hall–Kier alpha value is -1.47. The van der Waals surface area contributed by atoms with Gasteiger partial charge in [-0.3, -0.25) is 0 Å². The van der Waals surface area contributed by atoms with E-state index in [0.29, 0.717) is 29.9 Å². The first-order valence-corrected chi connectivity index (χ1v) is 6.53. The van der Waals surface area contributed by atoms with Gasteiger partial charge in [0.1, 0.15) is 0 Å². The minimum absolute atomic E-state index is 0. The number of rotatable bonds is 3. The first kappa shape index (κ1) is 14.9. The Morgan fingerprint density at radius 1 is 1.15 bits per heavy atom. The standard InChI is InChI=1S/C12H17N5O2.ClH/c1-8-14-9(16-18-8)7-10-15-11(19-17-10)12(2)5-3-4-6-13-12;/h13H,3-7H2,1-2H3;1H. The second-order valence-corrected chi connectivity index (χ2v) is 5.14. The van der Waals surface area contributed by atoms with Crippen LogP contribution < -0.4 is 5.32 Å². The fourth-order valence-corrected chi connectivity index (χ4v) is 2.34. The fraction of sp³-hybridized carbons (Fsp3) is 0.667. The van der Waals surface area contributed by atoms with E-state index in [1.54, 1.807) is 6.92 Å². The van der Waals surface area contributed by atoms with Gasteiger partial charge in [-0.05, 0) is 32.7 Å². The molecule has 110 valence electrons. The Balaban J connectivity index is 0.00000147. The minimum Gasteiger partial charge on any atom is -0.340 e. The maximum atomic E-state index is 5.38. The van der Waals surface area contributed by atoms with Crippen LogP contribution in [0.25, 0.3) is 0 Å². The molecule has 1 atom stereocenters. The van der Waals surface area contributed by atoms with E-state index in [-0.39, 0.29) is 17.9 Å². The summed E-state index contributed by atoms with van der Waals surface area (Å²) < 4.78 is 10.3. The van der Waals surface area contributed by atoms with E-state index >= 15 is 0 Å². The molecule has 2 aromatic rings. The predicted molar refractivity (Wildman–Crippen MR) is 72.6 cm³/mol. The van der Waals surface area contributed by atoms with Gasteiger partial charge in [-0.1, -0.05) is 10.3 Å². The Labute approximate surface area is 122 Å².